The van der Waals surface area contributed by atoms with Crippen molar-refractivity contribution >= 4 is 28.6 Å². The van der Waals surface area contributed by atoms with E-state index in [9.17, 15) is 14.4 Å². The van der Waals surface area contributed by atoms with E-state index in [1.807, 2.05) is 117 Å². The van der Waals surface area contributed by atoms with Crippen LogP contribution in [0.1, 0.15) is 53.4 Å². The highest BCUT2D eigenvalue weighted by Gasteiger charge is 2.47. The Morgan fingerprint density at radius 2 is 1.49 bits per heavy atom. The molecule has 3 atom stereocenters. The number of amides is 3. The molecule has 0 bridgehead atoms. The van der Waals surface area contributed by atoms with Crippen LogP contribution in [0.15, 0.2) is 109 Å². The Balaban J connectivity index is 1.43. The lowest BCUT2D eigenvalue weighted by Crippen LogP contribution is -2.56. The van der Waals surface area contributed by atoms with Gasteiger partial charge in [0.2, 0.25) is 5.91 Å². The van der Waals surface area contributed by atoms with Crippen LogP contribution in [0.5, 0.6) is 0 Å². The molecule has 0 aliphatic carbocycles. The van der Waals surface area contributed by atoms with E-state index in [0.717, 1.165) is 38.9 Å². The molecule has 3 amide bonds. The van der Waals surface area contributed by atoms with Crippen molar-refractivity contribution in [3.8, 4) is 11.3 Å². The van der Waals surface area contributed by atoms with Gasteiger partial charge in [-0.1, -0.05) is 117 Å². The molecule has 3 N–H and O–H groups in total. The Labute approximate surface area is 250 Å². The van der Waals surface area contributed by atoms with Crippen molar-refractivity contribution in [2.24, 2.45) is 5.92 Å². The van der Waals surface area contributed by atoms with Crippen molar-refractivity contribution in [2.45, 2.75) is 38.8 Å². The average Bonchev–Trinajstić information content (AvgIpc) is 3.56. The van der Waals surface area contributed by atoms with Crippen LogP contribution in [0.2, 0.25) is 0 Å². The third-order valence-electron chi connectivity index (χ3n) is 8.36. The van der Waals surface area contributed by atoms with Crippen LogP contribution in [0.4, 0.5) is 0 Å². The minimum absolute atomic E-state index is 0.127. The van der Waals surface area contributed by atoms with Crippen LogP contribution in [-0.4, -0.2) is 33.6 Å². The zero-order valence-corrected chi connectivity index (χ0v) is 24.2. The standard InChI is InChI=1S/C36H34N4O3/c1-3-23(2)33(35(42)39-38-30(41)22-24-14-6-4-7-15-24)40-34(26-18-10-11-19-27(26)36(40)43)31-28-20-12-13-21-29(28)37-32(31)25-16-8-5-9-17-25/h4-21,23,33-34,37H,3,22H2,1-2H3,(H,38,41)(H,39,42). The number of aromatic amines is 1. The Hall–Kier alpha value is -5.17. The van der Waals surface area contributed by atoms with E-state index in [-0.39, 0.29) is 24.2 Å². The normalized spacial score (nSPS) is 15.6. The molecule has 5 aromatic rings. The summed E-state index contributed by atoms with van der Waals surface area (Å²) in [6.45, 7) is 3.97. The van der Waals surface area contributed by atoms with E-state index in [2.05, 4.69) is 21.9 Å². The number of nitrogens with zero attached hydrogens (tertiary/aromatic N) is 1. The Morgan fingerprint density at radius 3 is 2.23 bits per heavy atom. The Bertz CT molecular complexity index is 1780. The van der Waals surface area contributed by atoms with E-state index in [1.165, 1.54) is 0 Å². The third kappa shape index (κ3) is 5.30. The first-order chi connectivity index (χ1) is 21.0. The Kier molecular flexibility index (Phi) is 7.79. The van der Waals surface area contributed by atoms with Crippen molar-refractivity contribution in [3.05, 3.63) is 131 Å². The summed E-state index contributed by atoms with van der Waals surface area (Å²) in [5, 5.41) is 0.986. The lowest BCUT2D eigenvalue weighted by Gasteiger charge is -2.36. The smallest absolute Gasteiger partial charge is 0.261 e. The molecule has 7 nitrogen and oxygen atoms in total. The second-order valence-corrected chi connectivity index (χ2v) is 11.1. The van der Waals surface area contributed by atoms with Gasteiger partial charge in [-0.2, -0.15) is 0 Å². The predicted molar refractivity (Wildman–Crippen MR) is 168 cm³/mol. The summed E-state index contributed by atoms with van der Waals surface area (Å²) in [6.07, 6.45) is 0.782. The molecule has 1 aliphatic rings. The third-order valence-corrected chi connectivity index (χ3v) is 8.36. The van der Waals surface area contributed by atoms with Crippen LogP contribution in [0, 0.1) is 5.92 Å². The number of hydrazine groups is 1. The topological polar surface area (TPSA) is 94.3 Å². The number of fused-ring (bicyclic) bond motifs is 2. The first kappa shape index (κ1) is 28.0. The average molecular weight is 571 g/mol. The number of para-hydroxylation sites is 1. The number of aromatic nitrogens is 1. The molecule has 216 valence electrons. The number of rotatable bonds is 8. The fourth-order valence-corrected chi connectivity index (χ4v) is 6.11. The first-order valence-corrected chi connectivity index (χ1v) is 14.7. The van der Waals surface area contributed by atoms with Gasteiger partial charge < -0.3 is 9.88 Å². The molecule has 0 radical (unpaired) electrons. The number of benzene rings is 4. The number of hydrogen-bond donors (Lipinski definition) is 3. The molecule has 1 aliphatic heterocycles. The van der Waals surface area contributed by atoms with Gasteiger partial charge in [0.15, 0.2) is 0 Å². The van der Waals surface area contributed by atoms with Crippen molar-refractivity contribution in [1.29, 1.82) is 0 Å². The van der Waals surface area contributed by atoms with E-state index in [4.69, 9.17) is 0 Å². The number of H-pyrrole nitrogens is 1. The zero-order chi connectivity index (χ0) is 29.9. The van der Waals surface area contributed by atoms with Crippen LogP contribution in [0.25, 0.3) is 22.2 Å². The highest BCUT2D eigenvalue weighted by molar-refractivity contribution is 6.04. The fraction of sp³-hybridized carbons (Fsp3) is 0.194. The second-order valence-electron chi connectivity index (χ2n) is 11.1. The molecule has 3 unspecified atom stereocenters. The quantitative estimate of drug-likeness (QED) is 0.194. The van der Waals surface area contributed by atoms with E-state index < -0.39 is 18.0 Å². The highest BCUT2D eigenvalue weighted by atomic mass is 16.2. The summed E-state index contributed by atoms with van der Waals surface area (Å²) in [7, 11) is 0. The van der Waals surface area contributed by atoms with Crippen LogP contribution in [0.3, 0.4) is 0 Å². The first-order valence-electron chi connectivity index (χ1n) is 14.7. The van der Waals surface area contributed by atoms with Crippen molar-refractivity contribution in [2.75, 3.05) is 0 Å². The van der Waals surface area contributed by atoms with E-state index >= 15 is 0 Å². The molecule has 7 heteroatoms. The van der Waals surface area contributed by atoms with Gasteiger partial charge in [0.25, 0.3) is 11.8 Å². The molecule has 1 aromatic heterocycles. The Morgan fingerprint density at radius 1 is 0.837 bits per heavy atom. The predicted octanol–water partition coefficient (Wildman–Crippen LogP) is 6.18. The minimum Gasteiger partial charge on any atom is -0.354 e. The molecule has 2 heterocycles. The van der Waals surface area contributed by atoms with Crippen molar-refractivity contribution in [3.63, 3.8) is 0 Å². The van der Waals surface area contributed by atoms with Gasteiger partial charge in [-0.25, -0.2) is 0 Å². The molecular formula is C36H34N4O3. The zero-order valence-electron chi connectivity index (χ0n) is 24.2. The maximum absolute atomic E-state index is 14.3. The maximum Gasteiger partial charge on any atom is 0.261 e. The van der Waals surface area contributed by atoms with Crippen LogP contribution >= 0.6 is 0 Å². The van der Waals surface area contributed by atoms with Gasteiger partial charge in [-0.05, 0) is 34.7 Å². The van der Waals surface area contributed by atoms with Crippen LogP contribution < -0.4 is 10.9 Å². The lowest BCUT2D eigenvalue weighted by molar-refractivity contribution is -0.133. The summed E-state index contributed by atoms with van der Waals surface area (Å²) in [6, 6.07) is 33.7. The summed E-state index contributed by atoms with van der Waals surface area (Å²) in [5.74, 6) is -1.17. The number of carbonyl (C=O) groups excluding carboxylic acids is 3. The summed E-state index contributed by atoms with van der Waals surface area (Å²) >= 11 is 0. The van der Waals surface area contributed by atoms with Crippen LogP contribution in [-0.2, 0) is 16.0 Å². The molecule has 4 aromatic carbocycles. The molecular weight excluding hydrogens is 536 g/mol. The van der Waals surface area contributed by atoms with Crippen molar-refractivity contribution < 1.29 is 14.4 Å². The van der Waals surface area contributed by atoms with Gasteiger partial charge in [-0.3, -0.25) is 25.2 Å². The van der Waals surface area contributed by atoms with Gasteiger partial charge >= 0.3 is 0 Å². The summed E-state index contributed by atoms with van der Waals surface area (Å²) in [5.41, 5.74) is 11.3. The van der Waals surface area contributed by atoms with Gasteiger partial charge in [0.1, 0.15) is 6.04 Å². The summed E-state index contributed by atoms with van der Waals surface area (Å²) < 4.78 is 0. The maximum atomic E-state index is 14.3. The number of nitrogens with one attached hydrogen (secondary N) is 3. The largest absolute Gasteiger partial charge is 0.354 e. The SMILES string of the molecule is CCC(C)C(C(=O)NNC(=O)Cc1ccccc1)N1C(=O)c2ccccc2C1c1c(-c2ccccc2)[nH]c2ccccc12. The lowest BCUT2D eigenvalue weighted by atomic mass is 9.90. The highest BCUT2D eigenvalue weighted by Crippen LogP contribution is 2.47. The number of carbonyl (C=O) groups is 3. The van der Waals surface area contributed by atoms with Gasteiger partial charge in [0.05, 0.1) is 18.2 Å². The second kappa shape index (κ2) is 12.0. The van der Waals surface area contributed by atoms with Gasteiger partial charge in [0, 0.05) is 22.0 Å². The monoisotopic (exact) mass is 570 g/mol. The van der Waals surface area contributed by atoms with Gasteiger partial charge in [-0.15, -0.1) is 0 Å². The van der Waals surface area contributed by atoms with E-state index in [0.29, 0.717) is 12.0 Å². The van der Waals surface area contributed by atoms with Crippen molar-refractivity contribution in [1.82, 2.24) is 20.7 Å². The fourth-order valence-electron chi connectivity index (χ4n) is 6.11. The molecule has 0 saturated heterocycles. The molecule has 0 spiro atoms. The molecule has 6 rings (SSSR count). The molecule has 43 heavy (non-hydrogen) atoms. The molecule has 0 fully saturated rings. The van der Waals surface area contributed by atoms with E-state index in [1.54, 1.807) is 4.90 Å². The molecule has 0 saturated carbocycles. The summed E-state index contributed by atoms with van der Waals surface area (Å²) in [4.78, 5) is 46.3. The minimum atomic E-state index is -0.843. The number of hydrogen-bond acceptors (Lipinski definition) is 3.